The maximum absolute atomic E-state index is 12.3. The third-order valence-corrected chi connectivity index (χ3v) is 7.37. The number of esters is 1. The van der Waals surface area contributed by atoms with Gasteiger partial charge in [0.15, 0.2) is 6.61 Å². The molecule has 0 aliphatic heterocycles. The van der Waals surface area contributed by atoms with Crippen molar-refractivity contribution in [3.05, 3.63) is 28.2 Å². The Morgan fingerprint density at radius 1 is 1.18 bits per heavy atom. The molecule has 0 heterocycles. The normalized spacial score (nSPS) is 22.5. The quantitative estimate of drug-likeness (QED) is 0.621. The number of ether oxygens (including phenoxy) is 1. The summed E-state index contributed by atoms with van der Waals surface area (Å²) in [5, 5.41) is 2.75. The number of carbonyl (C=O) groups excluding carboxylic acids is 2. The van der Waals surface area contributed by atoms with E-state index >= 15 is 0 Å². The molecule has 0 unspecified atom stereocenters. The van der Waals surface area contributed by atoms with Crippen LogP contribution in [0.4, 0.5) is 0 Å². The van der Waals surface area contributed by atoms with Crippen LogP contribution in [0, 0.1) is 11.8 Å². The average molecular weight is 451 g/mol. The van der Waals surface area contributed by atoms with Gasteiger partial charge in [-0.2, -0.15) is 4.72 Å². The predicted molar refractivity (Wildman–Crippen MR) is 107 cm³/mol. The van der Waals surface area contributed by atoms with Crippen LogP contribution in [0.1, 0.15) is 33.1 Å². The first-order chi connectivity index (χ1) is 13.1. The first-order valence-electron chi connectivity index (χ1n) is 9.00. The Kier molecular flexibility index (Phi) is 8.12. The van der Waals surface area contributed by atoms with E-state index in [1.807, 2.05) is 0 Å². The van der Waals surface area contributed by atoms with Gasteiger partial charge in [-0.05, 0) is 30.4 Å². The molecule has 0 bridgehead atoms. The molecular formula is C18H24Cl2N2O5S. The Hall–Kier alpha value is -1.35. The van der Waals surface area contributed by atoms with Crippen molar-refractivity contribution in [2.24, 2.45) is 11.8 Å². The van der Waals surface area contributed by atoms with Gasteiger partial charge in [0.2, 0.25) is 10.0 Å². The molecule has 0 saturated heterocycles. The Morgan fingerprint density at radius 2 is 1.82 bits per heavy atom. The molecule has 7 nitrogen and oxygen atoms in total. The molecule has 10 heteroatoms. The van der Waals surface area contributed by atoms with E-state index in [0.29, 0.717) is 11.8 Å². The smallest absolute Gasteiger partial charge is 0.321 e. The van der Waals surface area contributed by atoms with Crippen molar-refractivity contribution < 1.29 is 22.7 Å². The second-order valence-corrected chi connectivity index (χ2v) is 9.50. The minimum Gasteiger partial charge on any atom is -0.455 e. The number of carbonyl (C=O) groups is 2. The molecule has 156 valence electrons. The third-order valence-electron chi connectivity index (χ3n) is 5.01. The van der Waals surface area contributed by atoms with Crippen molar-refractivity contribution in [1.82, 2.24) is 10.0 Å². The molecule has 1 aliphatic carbocycles. The molecule has 0 radical (unpaired) electrons. The number of hydrogen-bond acceptors (Lipinski definition) is 5. The van der Waals surface area contributed by atoms with Crippen molar-refractivity contribution in [3.8, 4) is 0 Å². The highest BCUT2D eigenvalue weighted by Gasteiger charge is 2.28. The molecule has 1 aliphatic rings. The van der Waals surface area contributed by atoms with Crippen LogP contribution in [0.5, 0.6) is 0 Å². The lowest BCUT2D eigenvalue weighted by Crippen LogP contribution is -2.45. The van der Waals surface area contributed by atoms with E-state index in [0.717, 1.165) is 19.3 Å². The van der Waals surface area contributed by atoms with Crippen LogP contribution in [0.25, 0.3) is 0 Å². The van der Waals surface area contributed by atoms with Crippen LogP contribution in [-0.4, -0.2) is 39.5 Å². The Morgan fingerprint density at radius 3 is 2.46 bits per heavy atom. The zero-order valence-corrected chi connectivity index (χ0v) is 18.0. The molecule has 1 saturated carbocycles. The van der Waals surface area contributed by atoms with Crippen LogP contribution >= 0.6 is 23.2 Å². The van der Waals surface area contributed by atoms with Crippen LogP contribution in [0.3, 0.4) is 0 Å². The molecule has 1 fully saturated rings. The average Bonchev–Trinajstić information content (AvgIpc) is 2.62. The highest BCUT2D eigenvalue weighted by molar-refractivity contribution is 7.89. The van der Waals surface area contributed by atoms with Crippen molar-refractivity contribution in [3.63, 3.8) is 0 Å². The van der Waals surface area contributed by atoms with E-state index in [1.165, 1.54) is 18.2 Å². The van der Waals surface area contributed by atoms with Crippen molar-refractivity contribution in [1.29, 1.82) is 0 Å². The highest BCUT2D eigenvalue weighted by Crippen LogP contribution is 2.30. The van der Waals surface area contributed by atoms with Gasteiger partial charge in [-0.25, -0.2) is 8.42 Å². The van der Waals surface area contributed by atoms with Crippen molar-refractivity contribution in [2.45, 2.75) is 44.0 Å². The van der Waals surface area contributed by atoms with E-state index in [-0.39, 0.29) is 21.0 Å². The summed E-state index contributed by atoms with van der Waals surface area (Å²) in [5.41, 5.74) is 0. The Balaban J connectivity index is 1.82. The molecule has 0 spiro atoms. The van der Waals surface area contributed by atoms with Gasteiger partial charge in [-0.1, -0.05) is 56.0 Å². The molecule has 3 atom stereocenters. The number of benzene rings is 1. The number of nitrogens with one attached hydrogen (secondary N) is 2. The van der Waals surface area contributed by atoms with E-state index in [1.54, 1.807) is 0 Å². The molecule has 2 rings (SSSR count). The highest BCUT2D eigenvalue weighted by atomic mass is 35.5. The van der Waals surface area contributed by atoms with Gasteiger partial charge in [0.25, 0.3) is 5.91 Å². The second-order valence-electron chi connectivity index (χ2n) is 6.98. The summed E-state index contributed by atoms with van der Waals surface area (Å²) in [5.74, 6) is -0.420. The summed E-state index contributed by atoms with van der Waals surface area (Å²) in [6, 6.07) is 4.30. The Labute approximate surface area is 175 Å². The van der Waals surface area contributed by atoms with Gasteiger partial charge in [-0.15, -0.1) is 0 Å². The summed E-state index contributed by atoms with van der Waals surface area (Å²) in [7, 11) is -4.11. The molecule has 28 heavy (non-hydrogen) atoms. The molecular weight excluding hydrogens is 427 g/mol. The van der Waals surface area contributed by atoms with Gasteiger partial charge >= 0.3 is 5.97 Å². The van der Waals surface area contributed by atoms with E-state index in [4.69, 9.17) is 27.9 Å². The number of hydrogen-bond donors (Lipinski definition) is 2. The van der Waals surface area contributed by atoms with Crippen molar-refractivity contribution >= 4 is 45.1 Å². The fourth-order valence-corrected chi connectivity index (χ4v) is 5.31. The van der Waals surface area contributed by atoms with Crippen LogP contribution < -0.4 is 10.0 Å². The first-order valence-corrected chi connectivity index (χ1v) is 11.2. The number of sulfonamides is 1. The van der Waals surface area contributed by atoms with Gasteiger partial charge in [0, 0.05) is 6.04 Å². The number of halogens is 2. The maximum atomic E-state index is 12.3. The van der Waals surface area contributed by atoms with Gasteiger partial charge in [0.05, 0.1) is 10.0 Å². The summed E-state index contributed by atoms with van der Waals surface area (Å²) in [6.07, 6.45) is 3.07. The molecule has 1 aromatic carbocycles. The monoisotopic (exact) mass is 450 g/mol. The SMILES string of the molecule is C[C@H]1[C@H](C)CCC[C@H]1NC(=O)COC(=O)CNS(=O)(=O)c1c(Cl)cccc1Cl. The lowest BCUT2D eigenvalue weighted by atomic mass is 9.78. The third kappa shape index (κ3) is 6.07. The zero-order valence-electron chi connectivity index (χ0n) is 15.7. The second kappa shape index (κ2) is 9.91. The molecule has 2 N–H and O–H groups in total. The summed E-state index contributed by atoms with van der Waals surface area (Å²) >= 11 is 11.7. The maximum Gasteiger partial charge on any atom is 0.321 e. The Bertz CT molecular complexity index is 811. The fourth-order valence-electron chi connectivity index (χ4n) is 3.20. The lowest BCUT2D eigenvalue weighted by Gasteiger charge is -2.34. The largest absolute Gasteiger partial charge is 0.455 e. The van der Waals surface area contributed by atoms with Crippen molar-refractivity contribution in [2.75, 3.05) is 13.2 Å². The molecule has 1 aromatic rings. The zero-order chi connectivity index (χ0) is 20.9. The van der Waals surface area contributed by atoms with E-state index in [2.05, 4.69) is 23.9 Å². The summed E-state index contributed by atoms with van der Waals surface area (Å²) in [4.78, 5) is 23.5. The van der Waals surface area contributed by atoms with Gasteiger partial charge < -0.3 is 10.1 Å². The minimum absolute atomic E-state index is 0.0517. The topological polar surface area (TPSA) is 102 Å². The standard InChI is InChI=1S/C18H24Cl2N2O5S/c1-11-5-3-8-15(12(11)2)22-16(23)10-27-17(24)9-21-28(25,26)18-13(19)6-4-7-14(18)20/h4,6-7,11-12,15,21H,3,5,8-10H2,1-2H3,(H,22,23)/t11-,12+,15-/m1/s1. The van der Waals surface area contributed by atoms with Crippen LogP contribution in [-0.2, 0) is 24.3 Å². The van der Waals surface area contributed by atoms with E-state index < -0.39 is 35.1 Å². The van der Waals surface area contributed by atoms with Crippen LogP contribution in [0.15, 0.2) is 23.1 Å². The number of rotatable bonds is 7. The first kappa shape index (κ1) is 22.9. The fraction of sp³-hybridized carbons (Fsp3) is 0.556. The summed E-state index contributed by atoms with van der Waals surface area (Å²) in [6.45, 7) is 3.13. The lowest BCUT2D eigenvalue weighted by molar-refractivity contribution is -0.147. The van der Waals surface area contributed by atoms with Gasteiger partial charge in [0.1, 0.15) is 11.4 Å². The van der Waals surface area contributed by atoms with Crippen LogP contribution in [0.2, 0.25) is 10.0 Å². The molecule has 0 aromatic heterocycles. The van der Waals surface area contributed by atoms with E-state index in [9.17, 15) is 18.0 Å². The number of amides is 1. The predicted octanol–water partition coefficient (Wildman–Crippen LogP) is 2.76. The summed E-state index contributed by atoms with van der Waals surface area (Å²) < 4.78 is 31.5. The van der Waals surface area contributed by atoms with Gasteiger partial charge in [-0.3, -0.25) is 9.59 Å². The minimum atomic E-state index is -4.11. The molecule has 1 amide bonds.